The van der Waals surface area contributed by atoms with Crippen LogP contribution in [0.2, 0.25) is 0 Å². The van der Waals surface area contributed by atoms with Gasteiger partial charge in [-0.1, -0.05) is 78.9 Å². The van der Waals surface area contributed by atoms with Crippen LogP contribution in [0.3, 0.4) is 0 Å². The molecule has 3 aliphatic rings. The topological polar surface area (TPSA) is 125 Å². The number of para-hydroxylation sites is 1. The molecule has 0 spiro atoms. The summed E-state index contributed by atoms with van der Waals surface area (Å²) < 4.78 is 5.07. The summed E-state index contributed by atoms with van der Waals surface area (Å²) in [6.07, 6.45) is 6.54. The van der Waals surface area contributed by atoms with Gasteiger partial charge in [-0.05, 0) is 106 Å². The van der Waals surface area contributed by atoms with E-state index in [1.165, 1.54) is 7.11 Å². The summed E-state index contributed by atoms with van der Waals surface area (Å²) in [6.45, 7) is 2.59. The number of hydrogen-bond acceptors (Lipinski definition) is 7. The Labute approximate surface area is 329 Å². The van der Waals surface area contributed by atoms with Crippen LogP contribution >= 0.6 is 11.8 Å². The van der Waals surface area contributed by atoms with Crippen molar-refractivity contribution in [2.75, 3.05) is 24.3 Å². The monoisotopic (exact) mass is 766 g/mol. The maximum atomic E-state index is 14.3. The maximum Gasteiger partial charge on any atom is 0.328 e. The minimum absolute atomic E-state index is 0.100. The second kappa shape index (κ2) is 19.3. The summed E-state index contributed by atoms with van der Waals surface area (Å²) in [6, 6.07) is 25.4. The van der Waals surface area contributed by atoms with Gasteiger partial charge in [0, 0.05) is 24.1 Å². The minimum atomic E-state index is -0.769. The Hall–Kier alpha value is -4.64. The molecule has 0 radical (unpaired) electrons. The molecule has 0 bridgehead atoms. The Bertz CT molecular complexity index is 1790. The van der Waals surface area contributed by atoms with E-state index in [1.807, 2.05) is 96.8 Å². The van der Waals surface area contributed by atoms with Gasteiger partial charge in [0.15, 0.2) is 0 Å². The number of piperidine rings is 1. The summed E-state index contributed by atoms with van der Waals surface area (Å²) in [5.41, 5.74) is 3.86. The summed E-state index contributed by atoms with van der Waals surface area (Å²) >= 11 is 1.65. The molecule has 3 aromatic carbocycles. The van der Waals surface area contributed by atoms with Crippen LogP contribution < -0.4 is 15.5 Å². The average Bonchev–Trinajstić information content (AvgIpc) is 3.48. The number of amides is 4. The van der Waals surface area contributed by atoms with Gasteiger partial charge < -0.3 is 25.2 Å². The molecule has 0 aliphatic carbocycles. The number of methoxy groups -OCH3 is 1. The number of ether oxygens (including phenoxy) is 1. The molecule has 3 aliphatic heterocycles. The molecule has 55 heavy (non-hydrogen) atoms. The second-order valence-corrected chi connectivity index (χ2v) is 16.4. The Morgan fingerprint density at radius 3 is 1.91 bits per heavy atom. The van der Waals surface area contributed by atoms with Crippen LogP contribution in [0, 0.1) is 18.8 Å². The quantitative estimate of drug-likeness (QED) is 0.205. The van der Waals surface area contributed by atoms with E-state index < -0.39 is 35.9 Å². The van der Waals surface area contributed by atoms with Gasteiger partial charge in [-0.3, -0.25) is 19.2 Å². The van der Waals surface area contributed by atoms with E-state index in [1.54, 1.807) is 16.7 Å². The number of carbonyl (C=O) groups excluding carboxylic acids is 5. The van der Waals surface area contributed by atoms with E-state index >= 15 is 0 Å². The van der Waals surface area contributed by atoms with Crippen LogP contribution in [0.15, 0.2) is 84.9 Å². The summed E-state index contributed by atoms with van der Waals surface area (Å²) in [4.78, 5) is 72.9. The van der Waals surface area contributed by atoms with Crippen molar-refractivity contribution < 1.29 is 28.7 Å². The predicted molar refractivity (Wildman–Crippen MR) is 215 cm³/mol. The third-order valence-electron chi connectivity index (χ3n) is 11.3. The Kier molecular flexibility index (Phi) is 14.0. The molecule has 11 heteroatoms. The zero-order chi connectivity index (χ0) is 38.7. The molecule has 6 atom stereocenters. The molecule has 10 nitrogen and oxygen atoms in total. The third kappa shape index (κ3) is 10.2. The molecule has 0 aromatic heterocycles. The van der Waals surface area contributed by atoms with Crippen molar-refractivity contribution >= 4 is 47.0 Å². The van der Waals surface area contributed by atoms with Gasteiger partial charge in [0.1, 0.15) is 18.1 Å². The molecule has 0 saturated carbocycles. The lowest BCUT2D eigenvalue weighted by Gasteiger charge is -2.40. The van der Waals surface area contributed by atoms with Crippen LogP contribution in [0.4, 0.5) is 5.69 Å². The van der Waals surface area contributed by atoms with Crippen molar-refractivity contribution in [3.8, 4) is 0 Å². The van der Waals surface area contributed by atoms with Crippen molar-refractivity contribution in [2.24, 2.45) is 11.8 Å². The number of thioether (sulfide) groups is 1. The highest BCUT2D eigenvalue weighted by atomic mass is 32.2. The van der Waals surface area contributed by atoms with Crippen LogP contribution in [0.25, 0.3) is 0 Å². The first-order valence-corrected chi connectivity index (χ1v) is 20.9. The number of nitrogens with one attached hydrogen (secondary N) is 2. The van der Waals surface area contributed by atoms with Crippen LogP contribution in [-0.2, 0) is 41.6 Å². The molecule has 0 unspecified atom stereocenters. The highest BCUT2D eigenvalue weighted by Gasteiger charge is 2.44. The van der Waals surface area contributed by atoms with Crippen molar-refractivity contribution in [3.63, 3.8) is 0 Å². The minimum Gasteiger partial charge on any atom is -0.467 e. The molecule has 292 valence electrons. The summed E-state index contributed by atoms with van der Waals surface area (Å²) in [7, 11) is 1.34. The molecule has 4 amide bonds. The molecule has 3 aromatic rings. The second-order valence-electron chi connectivity index (χ2n) is 15.1. The van der Waals surface area contributed by atoms with Gasteiger partial charge in [-0.2, -0.15) is 0 Å². The summed E-state index contributed by atoms with van der Waals surface area (Å²) in [5, 5.41) is 6.12. The molecule has 3 fully saturated rings. The van der Waals surface area contributed by atoms with Crippen molar-refractivity contribution in [1.29, 1.82) is 0 Å². The number of hydrogen-bond donors (Lipinski definition) is 2. The van der Waals surface area contributed by atoms with Gasteiger partial charge in [-0.25, -0.2) is 4.79 Å². The van der Waals surface area contributed by atoms with Gasteiger partial charge >= 0.3 is 5.97 Å². The lowest BCUT2D eigenvalue weighted by atomic mass is 9.86. The molecular formula is C44H54N4O6S. The van der Waals surface area contributed by atoms with E-state index in [4.69, 9.17) is 4.74 Å². The highest BCUT2D eigenvalue weighted by Crippen LogP contribution is 2.35. The number of carbonyl (C=O) groups is 5. The van der Waals surface area contributed by atoms with Crippen LogP contribution in [-0.4, -0.2) is 77.4 Å². The van der Waals surface area contributed by atoms with E-state index in [-0.39, 0.29) is 29.0 Å². The largest absolute Gasteiger partial charge is 0.467 e. The normalized spacial score (nSPS) is 22.7. The van der Waals surface area contributed by atoms with Crippen molar-refractivity contribution in [2.45, 2.75) is 101 Å². The number of aryl methyl sites for hydroxylation is 1. The van der Waals surface area contributed by atoms with Gasteiger partial charge in [0.05, 0.1) is 12.5 Å². The molecule has 6 rings (SSSR count). The fourth-order valence-corrected chi connectivity index (χ4v) is 9.65. The third-order valence-corrected chi connectivity index (χ3v) is 12.6. The zero-order valence-corrected chi connectivity index (χ0v) is 32.8. The van der Waals surface area contributed by atoms with Gasteiger partial charge in [-0.15, -0.1) is 11.8 Å². The molecular weight excluding hydrogens is 713 g/mol. The summed E-state index contributed by atoms with van der Waals surface area (Å²) in [5.74, 6) is -1.57. The predicted octanol–water partition coefficient (Wildman–Crippen LogP) is 6.00. The number of anilines is 1. The standard InChI is InChI=1S/C44H54N4O6S/c1-30-14-9-10-20-37(30)47-26-12-11-19-35(42(47)51)45-40(49)33(28-31-15-5-3-6-16-31)23-24-34(29-32-17-7-4-8-18-32)41(50)46-36-25-27-55-39-22-13-21-38(44(53)54-2)48(39)43(36)52/h3-10,14-18,20,33-36,38-39H,11-13,19,21-29H2,1-2H3,(H,45,49)(H,46,50)/t33-,34-,35+,36+,38+,39+/m1/s1. The lowest BCUT2D eigenvalue weighted by molar-refractivity contribution is -0.156. The van der Waals surface area contributed by atoms with E-state index in [0.717, 1.165) is 48.1 Å². The van der Waals surface area contributed by atoms with E-state index in [2.05, 4.69) is 10.6 Å². The first-order chi connectivity index (χ1) is 26.7. The van der Waals surface area contributed by atoms with E-state index in [0.29, 0.717) is 57.2 Å². The number of benzene rings is 3. The SMILES string of the molecule is COC(=O)[C@@H]1CCC[C@@H]2SCC[C@H](NC(=O)[C@H](CC[C@H](Cc3ccccc3)C(=O)N[C@H]3CCCCN(c4ccccc4C)C3=O)Cc3ccccc3)C(=O)N21. The first kappa shape index (κ1) is 40.0. The number of nitrogens with zero attached hydrogens (tertiary/aromatic N) is 2. The maximum absolute atomic E-state index is 14.3. The van der Waals surface area contributed by atoms with E-state index in [9.17, 15) is 24.0 Å². The van der Waals surface area contributed by atoms with Crippen LogP contribution in [0.1, 0.15) is 74.5 Å². The average molecular weight is 767 g/mol. The number of esters is 1. The number of rotatable bonds is 13. The zero-order valence-electron chi connectivity index (χ0n) is 32.0. The fourth-order valence-electron chi connectivity index (χ4n) is 8.26. The highest BCUT2D eigenvalue weighted by molar-refractivity contribution is 7.99. The van der Waals surface area contributed by atoms with Crippen molar-refractivity contribution in [3.05, 3.63) is 102 Å². The first-order valence-electron chi connectivity index (χ1n) is 19.8. The van der Waals surface area contributed by atoms with Crippen LogP contribution in [0.5, 0.6) is 0 Å². The van der Waals surface area contributed by atoms with Gasteiger partial charge in [0.25, 0.3) is 0 Å². The fraction of sp³-hybridized carbons (Fsp3) is 0.477. The van der Waals surface area contributed by atoms with Gasteiger partial charge in [0.2, 0.25) is 23.6 Å². The molecule has 3 heterocycles. The lowest BCUT2D eigenvalue weighted by Crippen LogP contribution is -2.57. The number of fused-ring (bicyclic) bond motifs is 1. The Morgan fingerprint density at radius 1 is 0.727 bits per heavy atom. The van der Waals surface area contributed by atoms with Crippen molar-refractivity contribution in [1.82, 2.24) is 15.5 Å². The Morgan fingerprint density at radius 2 is 1.31 bits per heavy atom. The molecule has 3 saturated heterocycles. The Balaban J connectivity index is 1.20. The smallest absolute Gasteiger partial charge is 0.328 e. The molecule has 2 N–H and O–H groups in total.